The van der Waals surface area contributed by atoms with Gasteiger partial charge in [-0.1, -0.05) is 73.5 Å². The van der Waals surface area contributed by atoms with Crippen molar-refractivity contribution in [1.29, 1.82) is 0 Å². The molecule has 4 nitrogen and oxygen atoms in total. The number of hydrogen-bond acceptors (Lipinski definition) is 4. The molecule has 0 bridgehead atoms. The van der Waals surface area contributed by atoms with E-state index < -0.39 is 0 Å². The molecule has 7 heteroatoms. The number of rotatable bonds is 8. The van der Waals surface area contributed by atoms with Crippen molar-refractivity contribution in [3.05, 3.63) is 57.6 Å². The topological polar surface area (TPSA) is 70.8 Å². The molecule has 0 N–H and O–H groups in total. The van der Waals surface area contributed by atoms with Gasteiger partial charge in [-0.25, -0.2) is 0 Å². The van der Waals surface area contributed by atoms with Gasteiger partial charge in [0, 0.05) is 35.6 Å². The second kappa shape index (κ2) is 16.4. The third-order valence-electron chi connectivity index (χ3n) is 3.69. The van der Waals surface area contributed by atoms with E-state index in [0.717, 1.165) is 38.8 Å². The molecule has 0 unspecified atom stereocenters. The van der Waals surface area contributed by atoms with Crippen LogP contribution >= 0.6 is 23.2 Å². The summed E-state index contributed by atoms with van der Waals surface area (Å²) >= 11 is 11.5. The second-order valence-electron chi connectivity index (χ2n) is 6.14. The van der Waals surface area contributed by atoms with E-state index in [0.29, 0.717) is 21.2 Å². The van der Waals surface area contributed by atoms with E-state index >= 15 is 0 Å². The molecule has 2 rings (SSSR count). The molecular weight excluding hydrogens is 461 g/mol. The molecule has 0 aliphatic carbocycles. The van der Waals surface area contributed by atoms with Gasteiger partial charge in [-0.3, -0.25) is 9.98 Å². The molecule has 2 aromatic rings. The molecule has 0 aromatic heterocycles. The Bertz CT molecular complexity index is 718. The molecular formula is C22H26Cl2N2O2Zn. The van der Waals surface area contributed by atoms with Crippen LogP contribution in [0.4, 0.5) is 0 Å². The molecule has 0 heterocycles. The largest absolute Gasteiger partial charge is 2.00 e. The summed E-state index contributed by atoms with van der Waals surface area (Å²) in [5.74, 6) is -0.0655. The predicted octanol–water partition coefficient (Wildman–Crippen LogP) is 5.26. The zero-order valence-corrected chi connectivity index (χ0v) is 21.5. The van der Waals surface area contributed by atoms with Crippen LogP contribution in [0.2, 0.25) is 10.0 Å². The number of halogens is 2. The van der Waals surface area contributed by atoms with E-state index in [9.17, 15) is 10.2 Å². The molecule has 0 atom stereocenters. The number of unbranched alkanes of at least 4 members (excludes halogenated alkanes) is 2. The van der Waals surface area contributed by atoms with Crippen LogP contribution in [-0.2, 0) is 19.5 Å². The van der Waals surface area contributed by atoms with Crippen LogP contribution in [-0.4, -0.2) is 25.5 Å². The first-order valence-corrected chi connectivity index (χ1v) is 10.2. The Morgan fingerprint density at radius 2 is 1.14 bits per heavy atom. The summed E-state index contributed by atoms with van der Waals surface area (Å²) in [5.41, 5.74) is 1.13. The Morgan fingerprint density at radius 3 is 1.48 bits per heavy atom. The van der Waals surface area contributed by atoms with Gasteiger partial charge in [-0.05, 0) is 48.2 Å². The van der Waals surface area contributed by atoms with Crippen LogP contribution in [0.3, 0.4) is 0 Å². The predicted molar refractivity (Wildman–Crippen MR) is 117 cm³/mol. The van der Waals surface area contributed by atoms with Gasteiger partial charge in [0.1, 0.15) is 0 Å². The Balaban J connectivity index is 0.000000523. The third kappa shape index (κ3) is 12.0. The Kier molecular flexibility index (Phi) is 15.6. The van der Waals surface area contributed by atoms with Crippen LogP contribution in [0.1, 0.15) is 50.7 Å². The quantitative estimate of drug-likeness (QED) is 0.290. The van der Waals surface area contributed by atoms with E-state index in [2.05, 4.69) is 23.8 Å². The molecule has 2 aromatic carbocycles. The second-order valence-corrected chi connectivity index (χ2v) is 7.01. The minimum Gasteiger partial charge on any atom is -0.872 e. The van der Waals surface area contributed by atoms with Gasteiger partial charge in [0.15, 0.2) is 0 Å². The first kappa shape index (κ1) is 27.6. The van der Waals surface area contributed by atoms with Crippen molar-refractivity contribution in [1.82, 2.24) is 0 Å². The monoisotopic (exact) mass is 484 g/mol. The maximum absolute atomic E-state index is 11.3. The SMILES string of the molecule is CCCCN=Cc1cc(Cl)ccc1[O-].CCCCN=Cc1cc(Cl)ccc1[O-].[Zn+2]. The molecule has 0 aliphatic rings. The van der Waals surface area contributed by atoms with E-state index in [1.807, 2.05) is 0 Å². The van der Waals surface area contributed by atoms with Gasteiger partial charge in [-0.15, -0.1) is 0 Å². The molecule has 0 aliphatic heterocycles. The minimum absolute atomic E-state index is 0. The number of nitrogens with zero attached hydrogens (tertiary/aromatic N) is 2. The zero-order chi connectivity index (χ0) is 20.8. The Labute approximate surface area is 196 Å². The van der Waals surface area contributed by atoms with Gasteiger partial charge in [0.2, 0.25) is 0 Å². The Hall–Kier alpha value is -1.42. The summed E-state index contributed by atoms with van der Waals surface area (Å²) in [6.45, 7) is 5.74. The fourth-order valence-corrected chi connectivity index (χ4v) is 2.43. The van der Waals surface area contributed by atoms with E-state index in [4.69, 9.17) is 23.2 Å². The van der Waals surface area contributed by atoms with Gasteiger partial charge in [-0.2, -0.15) is 0 Å². The summed E-state index contributed by atoms with van der Waals surface area (Å²) in [5, 5.41) is 23.7. The summed E-state index contributed by atoms with van der Waals surface area (Å²) in [4.78, 5) is 8.30. The van der Waals surface area contributed by atoms with E-state index in [-0.39, 0.29) is 31.0 Å². The van der Waals surface area contributed by atoms with Gasteiger partial charge in [0.25, 0.3) is 0 Å². The van der Waals surface area contributed by atoms with Crippen molar-refractivity contribution in [2.75, 3.05) is 13.1 Å². The van der Waals surface area contributed by atoms with Crippen molar-refractivity contribution in [3.63, 3.8) is 0 Å². The molecule has 0 saturated carbocycles. The van der Waals surface area contributed by atoms with Crippen LogP contribution in [0.5, 0.6) is 11.5 Å². The van der Waals surface area contributed by atoms with Crippen LogP contribution in [0.15, 0.2) is 46.4 Å². The van der Waals surface area contributed by atoms with Crippen molar-refractivity contribution in [2.24, 2.45) is 9.98 Å². The van der Waals surface area contributed by atoms with Crippen molar-refractivity contribution in [3.8, 4) is 11.5 Å². The molecule has 0 spiro atoms. The zero-order valence-electron chi connectivity index (χ0n) is 17.0. The third-order valence-corrected chi connectivity index (χ3v) is 4.16. The molecule has 0 saturated heterocycles. The average molecular weight is 487 g/mol. The molecule has 0 fully saturated rings. The van der Waals surface area contributed by atoms with Crippen LogP contribution < -0.4 is 10.2 Å². The van der Waals surface area contributed by atoms with E-state index in [1.54, 1.807) is 36.7 Å². The molecule has 29 heavy (non-hydrogen) atoms. The van der Waals surface area contributed by atoms with Crippen molar-refractivity contribution in [2.45, 2.75) is 39.5 Å². The summed E-state index contributed by atoms with van der Waals surface area (Å²) in [6, 6.07) is 9.38. The smallest absolute Gasteiger partial charge is 0.872 e. The van der Waals surface area contributed by atoms with Crippen molar-refractivity contribution >= 4 is 35.6 Å². The minimum atomic E-state index is -0.0327. The fourth-order valence-electron chi connectivity index (χ4n) is 2.07. The fraction of sp³-hybridized carbons (Fsp3) is 0.364. The summed E-state index contributed by atoms with van der Waals surface area (Å²) in [7, 11) is 0. The standard InChI is InChI=1S/2C11H14ClNO.Zn/c2*1-2-3-6-13-8-9-7-10(12)4-5-11(9)14;/h2*4-5,7-8,14H,2-3,6H2,1H3;/q;;+2/p-2. The van der Waals surface area contributed by atoms with Crippen molar-refractivity contribution < 1.29 is 29.7 Å². The molecule has 0 radical (unpaired) electrons. The maximum Gasteiger partial charge on any atom is 2.00 e. The van der Waals surface area contributed by atoms with Crippen LogP contribution in [0, 0.1) is 0 Å². The summed E-state index contributed by atoms with van der Waals surface area (Å²) < 4.78 is 0. The molecule has 0 amide bonds. The van der Waals surface area contributed by atoms with Gasteiger partial charge < -0.3 is 10.2 Å². The van der Waals surface area contributed by atoms with Crippen LogP contribution in [0.25, 0.3) is 0 Å². The van der Waals surface area contributed by atoms with E-state index in [1.165, 1.54) is 12.1 Å². The summed E-state index contributed by atoms with van der Waals surface area (Å²) in [6.07, 6.45) is 7.51. The van der Waals surface area contributed by atoms with Gasteiger partial charge in [0.05, 0.1) is 0 Å². The average Bonchev–Trinajstić information content (AvgIpc) is 2.68. The normalized spacial score (nSPS) is 10.6. The number of benzene rings is 2. The Morgan fingerprint density at radius 1 is 0.759 bits per heavy atom. The number of hydrogen-bond donors (Lipinski definition) is 0. The first-order chi connectivity index (χ1) is 13.5. The maximum atomic E-state index is 11.3. The van der Waals surface area contributed by atoms with Gasteiger partial charge >= 0.3 is 19.5 Å². The molecule has 152 valence electrons. The number of aliphatic imine (C=N–C) groups is 2. The first-order valence-electron chi connectivity index (χ1n) is 9.40.